The number of carbonyl (C=O) groups is 1. The third-order valence-corrected chi connectivity index (χ3v) is 4.34. The molecule has 0 spiro atoms. The van der Waals surface area contributed by atoms with Gasteiger partial charge < -0.3 is 9.80 Å². The number of rotatable bonds is 3. The highest BCUT2D eigenvalue weighted by molar-refractivity contribution is 5.94. The number of likely N-dealkylation sites (tertiary alicyclic amines) is 1. The summed E-state index contributed by atoms with van der Waals surface area (Å²) in [6, 6.07) is 7.76. The monoisotopic (exact) mass is 310 g/mol. The van der Waals surface area contributed by atoms with Crippen molar-refractivity contribution < 1.29 is 4.79 Å². The Balaban J connectivity index is 1.76. The predicted octanol–water partition coefficient (Wildman–Crippen LogP) is 2.56. The van der Waals surface area contributed by atoms with Crippen LogP contribution in [0.25, 0.3) is 0 Å². The van der Waals surface area contributed by atoms with Crippen molar-refractivity contribution >= 4 is 11.7 Å². The van der Waals surface area contributed by atoms with E-state index in [9.17, 15) is 4.79 Å². The number of nitrogens with zero attached hydrogens (tertiary/aromatic N) is 4. The Kier molecular flexibility index (Phi) is 4.55. The van der Waals surface area contributed by atoms with Gasteiger partial charge in [0.05, 0.1) is 0 Å². The number of pyridine rings is 2. The van der Waals surface area contributed by atoms with Crippen molar-refractivity contribution in [2.24, 2.45) is 0 Å². The van der Waals surface area contributed by atoms with E-state index in [4.69, 9.17) is 0 Å². The molecular weight excluding hydrogens is 288 g/mol. The Labute approximate surface area is 137 Å². The second kappa shape index (κ2) is 6.77. The highest BCUT2D eigenvalue weighted by atomic mass is 16.2. The third-order valence-electron chi connectivity index (χ3n) is 4.34. The number of piperidine rings is 1. The molecule has 3 heterocycles. The van der Waals surface area contributed by atoms with E-state index in [-0.39, 0.29) is 5.91 Å². The summed E-state index contributed by atoms with van der Waals surface area (Å²) in [4.78, 5) is 24.9. The first kappa shape index (κ1) is 15.5. The maximum atomic E-state index is 12.6. The van der Waals surface area contributed by atoms with Gasteiger partial charge in [-0.2, -0.15) is 0 Å². The summed E-state index contributed by atoms with van der Waals surface area (Å²) >= 11 is 0. The average molecular weight is 310 g/mol. The Morgan fingerprint density at radius 2 is 2.00 bits per heavy atom. The van der Waals surface area contributed by atoms with Crippen LogP contribution in [0.1, 0.15) is 34.7 Å². The molecule has 1 amide bonds. The van der Waals surface area contributed by atoms with E-state index in [1.54, 1.807) is 24.5 Å². The summed E-state index contributed by atoms with van der Waals surface area (Å²) in [6.45, 7) is 1.58. The van der Waals surface area contributed by atoms with Gasteiger partial charge in [-0.05, 0) is 42.7 Å². The van der Waals surface area contributed by atoms with Crippen LogP contribution >= 0.6 is 0 Å². The number of anilines is 1. The molecule has 0 aliphatic carbocycles. The Bertz CT molecular complexity index is 672. The lowest BCUT2D eigenvalue weighted by atomic mass is 9.91. The van der Waals surface area contributed by atoms with E-state index in [0.29, 0.717) is 11.5 Å². The van der Waals surface area contributed by atoms with Gasteiger partial charge in [0.25, 0.3) is 5.91 Å². The Morgan fingerprint density at radius 3 is 2.74 bits per heavy atom. The van der Waals surface area contributed by atoms with Gasteiger partial charge >= 0.3 is 0 Å². The quantitative estimate of drug-likeness (QED) is 0.874. The van der Waals surface area contributed by atoms with E-state index in [1.165, 1.54) is 5.56 Å². The summed E-state index contributed by atoms with van der Waals surface area (Å²) in [7, 11) is 3.98. The first-order valence-electron chi connectivity index (χ1n) is 7.97. The van der Waals surface area contributed by atoms with Crippen molar-refractivity contribution in [3.63, 3.8) is 0 Å². The molecule has 1 atom stereocenters. The van der Waals surface area contributed by atoms with Crippen LogP contribution in [0.2, 0.25) is 0 Å². The molecule has 2 aromatic rings. The number of carbonyl (C=O) groups excluding carboxylic acids is 1. The van der Waals surface area contributed by atoms with Crippen LogP contribution in [0.5, 0.6) is 0 Å². The minimum atomic E-state index is 0.0963. The predicted molar refractivity (Wildman–Crippen MR) is 90.7 cm³/mol. The van der Waals surface area contributed by atoms with Crippen molar-refractivity contribution in [3.05, 3.63) is 54.0 Å². The van der Waals surface area contributed by atoms with Gasteiger partial charge in [-0.3, -0.25) is 9.78 Å². The SMILES string of the molecule is CN(C)c1cc(C2CCCN(C(=O)c3ccncc3)C2)ccn1. The van der Waals surface area contributed by atoms with Gasteiger partial charge in [0.15, 0.2) is 0 Å². The molecule has 1 aliphatic rings. The van der Waals surface area contributed by atoms with Crippen LogP contribution in [0, 0.1) is 0 Å². The van der Waals surface area contributed by atoms with E-state index in [0.717, 1.165) is 31.7 Å². The molecule has 5 nitrogen and oxygen atoms in total. The zero-order valence-corrected chi connectivity index (χ0v) is 13.6. The van der Waals surface area contributed by atoms with E-state index < -0.39 is 0 Å². The van der Waals surface area contributed by atoms with Crippen molar-refractivity contribution in [1.29, 1.82) is 0 Å². The molecule has 1 fully saturated rings. The lowest BCUT2D eigenvalue weighted by Gasteiger charge is -2.33. The Morgan fingerprint density at radius 1 is 1.22 bits per heavy atom. The van der Waals surface area contributed by atoms with Crippen molar-refractivity contribution in [3.8, 4) is 0 Å². The summed E-state index contributed by atoms with van der Waals surface area (Å²) in [5, 5.41) is 0. The number of amides is 1. The molecular formula is C18H22N4O. The number of hydrogen-bond acceptors (Lipinski definition) is 4. The number of hydrogen-bond donors (Lipinski definition) is 0. The van der Waals surface area contributed by atoms with Gasteiger partial charge in [-0.1, -0.05) is 0 Å². The van der Waals surface area contributed by atoms with Gasteiger partial charge in [-0.25, -0.2) is 4.98 Å². The lowest BCUT2D eigenvalue weighted by Crippen LogP contribution is -2.39. The first-order chi connectivity index (χ1) is 11.1. The topological polar surface area (TPSA) is 49.3 Å². The average Bonchev–Trinajstić information content (AvgIpc) is 2.62. The summed E-state index contributed by atoms with van der Waals surface area (Å²) in [6.07, 6.45) is 7.33. The fraction of sp³-hybridized carbons (Fsp3) is 0.389. The minimum absolute atomic E-state index is 0.0963. The van der Waals surface area contributed by atoms with Gasteiger partial charge in [0.2, 0.25) is 0 Å². The zero-order valence-electron chi connectivity index (χ0n) is 13.6. The molecule has 1 saturated heterocycles. The maximum absolute atomic E-state index is 12.6. The molecule has 1 unspecified atom stereocenters. The van der Waals surface area contributed by atoms with E-state index in [1.807, 2.05) is 30.1 Å². The first-order valence-corrected chi connectivity index (χ1v) is 7.97. The van der Waals surface area contributed by atoms with E-state index in [2.05, 4.69) is 22.1 Å². The van der Waals surface area contributed by atoms with Gasteiger partial charge in [0, 0.05) is 57.3 Å². The van der Waals surface area contributed by atoms with Gasteiger partial charge in [0.1, 0.15) is 5.82 Å². The molecule has 0 saturated carbocycles. The molecule has 1 aliphatic heterocycles. The molecule has 0 N–H and O–H groups in total. The normalized spacial score (nSPS) is 17.8. The minimum Gasteiger partial charge on any atom is -0.363 e. The van der Waals surface area contributed by atoms with Crippen LogP contribution in [0.15, 0.2) is 42.9 Å². The summed E-state index contributed by atoms with van der Waals surface area (Å²) < 4.78 is 0. The molecule has 120 valence electrons. The molecule has 5 heteroatoms. The lowest BCUT2D eigenvalue weighted by molar-refractivity contribution is 0.0707. The molecule has 0 radical (unpaired) electrons. The largest absolute Gasteiger partial charge is 0.363 e. The summed E-state index contributed by atoms with van der Waals surface area (Å²) in [5.41, 5.74) is 1.97. The van der Waals surface area contributed by atoms with Crippen LogP contribution in [-0.2, 0) is 0 Å². The second-order valence-electron chi connectivity index (χ2n) is 6.17. The fourth-order valence-electron chi connectivity index (χ4n) is 3.04. The fourth-order valence-corrected chi connectivity index (χ4v) is 3.04. The number of aromatic nitrogens is 2. The highest BCUT2D eigenvalue weighted by Crippen LogP contribution is 2.29. The van der Waals surface area contributed by atoms with Crippen LogP contribution in [0.4, 0.5) is 5.82 Å². The molecule has 0 aromatic carbocycles. The summed E-state index contributed by atoms with van der Waals surface area (Å²) in [5.74, 6) is 1.43. The Hall–Kier alpha value is -2.43. The standard InChI is InChI=1S/C18H22N4O/c1-21(2)17-12-15(7-10-20-17)16-4-3-11-22(13-16)18(23)14-5-8-19-9-6-14/h5-10,12,16H,3-4,11,13H2,1-2H3. The zero-order chi connectivity index (χ0) is 16.2. The molecule has 2 aromatic heterocycles. The van der Waals surface area contributed by atoms with Gasteiger partial charge in [-0.15, -0.1) is 0 Å². The molecule has 3 rings (SSSR count). The molecule has 23 heavy (non-hydrogen) atoms. The van der Waals surface area contributed by atoms with Crippen molar-refractivity contribution in [1.82, 2.24) is 14.9 Å². The highest BCUT2D eigenvalue weighted by Gasteiger charge is 2.25. The maximum Gasteiger partial charge on any atom is 0.253 e. The van der Waals surface area contributed by atoms with Crippen molar-refractivity contribution in [2.75, 3.05) is 32.1 Å². The smallest absolute Gasteiger partial charge is 0.253 e. The molecule has 0 bridgehead atoms. The van der Waals surface area contributed by atoms with Crippen LogP contribution in [-0.4, -0.2) is 48.0 Å². The van der Waals surface area contributed by atoms with Crippen molar-refractivity contribution in [2.45, 2.75) is 18.8 Å². The third kappa shape index (κ3) is 3.50. The van der Waals surface area contributed by atoms with E-state index >= 15 is 0 Å². The second-order valence-corrected chi connectivity index (χ2v) is 6.17. The van der Waals surface area contributed by atoms with Crippen LogP contribution < -0.4 is 4.90 Å². The van der Waals surface area contributed by atoms with Crippen LogP contribution in [0.3, 0.4) is 0 Å².